The van der Waals surface area contributed by atoms with Crippen molar-refractivity contribution in [1.29, 1.82) is 0 Å². The molecule has 1 aromatic carbocycles. The normalized spacial score (nSPS) is 14.5. The Morgan fingerprint density at radius 2 is 2.11 bits per heavy atom. The molecule has 0 amide bonds. The molecule has 0 atom stereocenters. The molecule has 1 aliphatic rings. The first-order valence-corrected chi connectivity index (χ1v) is 6.41. The van der Waals surface area contributed by atoms with Crippen molar-refractivity contribution in [2.75, 3.05) is 0 Å². The quantitative estimate of drug-likeness (QED) is 0.729. The van der Waals surface area contributed by atoms with Gasteiger partial charge in [0.25, 0.3) is 0 Å². The fraction of sp³-hybridized carbons (Fsp3) is 0.200. The third kappa shape index (κ3) is 1.55. The van der Waals surface area contributed by atoms with Gasteiger partial charge in [-0.15, -0.1) is 0 Å². The maximum absolute atomic E-state index is 12.5. The van der Waals surface area contributed by atoms with Crippen LogP contribution in [0.15, 0.2) is 39.6 Å². The van der Waals surface area contributed by atoms with Crippen LogP contribution < -0.4 is 5.43 Å². The van der Waals surface area contributed by atoms with Crippen LogP contribution in [0.2, 0.25) is 0 Å². The molecule has 1 aliphatic carbocycles. The molecule has 18 heavy (non-hydrogen) atoms. The fourth-order valence-electron chi connectivity index (χ4n) is 2.34. The Hall–Kier alpha value is -1.74. The molecule has 0 saturated heterocycles. The minimum atomic E-state index is -0.00380. The van der Waals surface area contributed by atoms with Crippen molar-refractivity contribution < 1.29 is 4.42 Å². The van der Waals surface area contributed by atoms with Crippen LogP contribution in [0.5, 0.6) is 0 Å². The molecule has 3 rings (SSSR count). The van der Waals surface area contributed by atoms with Gasteiger partial charge >= 0.3 is 0 Å². The van der Waals surface area contributed by atoms with Gasteiger partial charge in [0.1, 0.15) is 11.3 Å². The second kappa shape index (κ2) is 4.18. The van der Waals surface area contributed by atoms with E-state index >= 15 is 0 Å². The summed E-state index contributed by atoms with van der Waals surface area (Å²) >= 11 is 5.31. The zero-order valence-corrected chi connectivity index (χ0v) is 10.8. The lowest BCUT2D eigenvalue weighted by molar-refractivity contribution is 0.580. The molecule has 1 heterocycles. The van der Waals surface area contributed by atoms with E-state index in [1.807, 2.05) is 18.2 Å². The summed E-state index contributed by atoms with van der Waals surface area (Å²) in [7, 11) is 0. The SMILES string of the molecule is CCC1=CCC(=S)c2c1oc1ccccc1c2=O. The highest BCUT2D eigenvalue weighted by Crippen LogP contribution is 2.29. The highest BCUT2D eigenvalue weighted by atomic mass is 32.1. The largest absolute Gasteiger partial charge is 0.455 e. The van der Waals surface area contributed by atoms with Gasteiger partial charge in [0.15, 0.2) is 0 Å². The lowest BCUT2D eigenvalue weighted by Gasteiger charge is -2.16. The summed E-state index contributed by atoms with van der Waals surface area (Å²) in [6.07, 6.45) is 3.56. The predicted octanol–water partition coefficient (Wildman–Crippen LogP) is 3.71. The molecule has 0 radical (unpaired) electrons. The molecule has 0 saturated carbocycles. The molecule has 1 aromatic heterocycles. The van der Waals surface area contributed by atoms with E-state index in [1.54, 1.807) is 6.07 Å². The summed E-state index contributed by atoms with van der Waals surface area (Å²) in [5, 5.41) is 0.607. The van der Waals surface area contributed by atoms with E-state index in [-0.39, 0.29) is 5.43 Å². The Balaban J connectivity index is 2.46. The van der Waals surface area contributed by atoms with Crippen LogP contribution in [0.4, 0.5) is 0 Å². The topological polar surface area (TPSA) is 30.2 Å². The molecule has 0 spiro atoms. The zero-order valence-electron chi connectivity index (χ0n) is 10.0. The van der Waals surface area contributed by atoms with Crippen LogP contribution in [0.25, 0.3) is 16.5 Å². The Morgan fingerprint density at radius 1 is 1.33 bits per heavy atom. The number of hydrogen-bond donors (Lipinski definition) is 0. The van der Waals surface area contributed by atoms with Crippen molar-refractivity contribution in [1.82, 2.24) is 0 Å². The highest BCUT2D eigenvalue weighted by molar-refractivity contribution is 7.80. The van der Waals surface area contributed by atoms with Gasteiger partial charge in [-0.05, 0) is 24.1 Å². The van der Waals surface area contributed by atoms with Gasteiger partial charge in [-0.25, -0.2) is 0 Å². The summed E-state index contributed by atoms with van der Waals surface area (Å²) in [5.41, 5.74) is 2.28. The fourth-order valence-corrected chi connectivity index (χ4v) is 2.61. The minimum Gasteiger partial charge on any atom is -0.455 e. The lowest BCUT2D eigenvalue weighted by Crippen LogP contribution is -2.19. The van der Waals surface area contributed by atoms with Crippen LogP contribution in [-0.4, -0.2) is 4.86 Å². The Morgan fingerprint density at radius 3 is 2.89 bits per heavy atom. The number of thiocarbonyl (C=S) groups is 1. The van der Waals surface area contributed by atoms with Gasteiger partial charge in [-0.1, -0.05) is 37.4 Å². The number of rotatable bonds is 1. The molecule has 0 unspecified atom stereocenters. The molecule has 0 bridgehead atoms. The molecule has 0 N–H and O–H groups in total. The van der Waals surface area contributed by atoms with Crippen LogP contribution in [-0.2, 0) is 0 Å². The molecule has 2 nitrogen and oxygen atoms in total. The van der Waals surface area contributed by atoms with Crippen molar-refractivity contribution in [3.8, 4) is 0 Å². The van der Waals surface area contributed by atoms with Crippen LogP contribution in [0, 0.1) is 0 Å². The van der Waals surface area contributed by atoms with Gasteiger partial charge in [-0.2, -0.15) is 0 Å². The number of para-hydroxylation sites is 1. The van der Waals surface area contributed by atoms with Crippen LogP contribution >= 0.6 is 12.2 Å². The number of allylic oxidation sites excluding steroid dienone is 2. The van der Waals surface area contributed by atoms with E-state index in [2.05, 4.69) is 13.0 Å². The Labute approximate surface area is 110 Å². The first kappa shape index (κ1) is 11.4. The van der Waals surface area contributed by atoms with Gasteiger partial charge < -0.3 is 4.42 Å². The van der Waals surface area contributed by atoms with Gasteiger partial charge in [-0.3, -0.25) is 4.79 Å². The summed E-state index contributed by atoms with van der Waals surface area (Å²) < 4.78 is 5.88. The minimum absolute atomic E-state index is 0.00380. The van der Waals surface area contributed by atoms with Gasteiger partial charge in [0, 0.05) is 11.3 Å². The number of hydrogen-bond acceptors (Lipinski definition) is 3. The molecular weight excluding hydrogens is 244 g/mol. The second-order valence-corrected chi connectivity index (χ2v) is 4.83. The summed E-state index contributed by atoms with van der Waals surface area (Å²) in [6.45, 7) is 2.05. The molecule has 2 aromatic rings. The van der Waals surface area contributed by atoms with E-state index in [1.165, 1.54) is 0 Å². The smallest absolute Gasteiger partial charge is 0.201 e. The summed E-state index contributed by atoms with van der Waals surface area (Å²) in [5.74, 6) is 0.664. The van der Waals surface area contributed by atoms with Crippen molar-refractivity contribution in [3.05, 3.63) is 51.9 Å². The molecule has 3 heteroatoms. The zero-order chi connectivity index (χ0) is 12.7. The van der Waals surface area contributed by atoms with E-state index < -0.39 is 0 Å². The van der Waals surface area contributed by atoms with Crippen molar-refractivity contribution in [2.24, 2.45) is 0 Å². The van der Waals surface area contributed by atoms with E-state index in [4.69, 9.17) is 16.6 Å². The molecule has 90 valence electrons. The average Bonchev–Trinajstić information content (AvgIpc) is 2.39. The maximum Gasteiger partial charge on any atom is 0.201 e. The Kier molecular flexibility index (Phi) is 2.63. The van der Waals surface area contributed by atoms with Gasteiger partial charge in [0.2, 0.25) is 5.43 Å². The number of fused-ring (bicyclic) bond motifs is 2. The summed E-state index contributed by atoms with van der Waals surface area (Å²) in [4.78, 5) is 13.2. The third-order valence-corrected chi connectivity index (χ3v) is 3.65. The standard InChI is InChI=1S/C15H12O2S/c1-2-9-7-8-12(18)13-14(16)10-5-3-4-6-11(10)17-15(9)13/h3-7H,2,8H2,1H3. The third-order valence-electron chi connectivity index (χ3n) is 3.28. The van der Waals surface area contributed by atoms with Crippen molar-refractivity contribution in [3.63, 3.8) is 0 Å². The molecular formula is C15H12O2S. The summed E-state index contributed by atoms with van der Waals surface area (Å²) in [6, 6.07) is 7.32. The van der Waals surface area contributed by atoms with E-state index in [0.29, 0.717) is 33.6 Å². The van der Waals surface area contributed by atoms with Crippen LogP contribution in [0.3, 0.4) is 0 Å². The monoisotopic (exact) mass is 256 g/mol. The predicted molar refractivity (Wildman–Crippen MR) is 77.1 cm³/mol. The first-order chi connectivity index (χ1) is 8.72. The van der Waals surface area contributed by atoms with Gasteiger partial charge in [0.05, 0.1) is 10.9 Å². The first-order valence-electron chi connectivity index (χ1n) is 6.00. The van der Waals surface area contributed by atoms with Crippen molar-refractivity contribution in [2.45, 2.75) is 19.8 Å². The Bertz CT molecular complexity index is 738. The average molecular weight is 256 g/mol. The highest BCUT2D eigenvalue weighted by Gasteiger charge is 2.22. The van der Waals surface area contributed by atoms with E-state index in [9.17, 15) is 4.79 Å². The van der Waals surface area contributed by atoms with Crippen LogP contribution in [0.1, 0.15) is 31.1 Å². The van der Waals surface area contributed by atoms with Crippen molar-refractivity contribution >= 4 is 33.6 Å². The molecule has 0 aliphatic heterocycles. The second-order valence-electron chi connectivity index (χ2n) is 4.34. The van der Waals surface area contributed by atoms with E-state index in [0.717, 1.165) is 12.0 Å². The maximum atomic E-state index is 12.5. The number of benzene rings is 1. The molecule has 0 fully saturated rings. The lowest BCUT2D eigenvalue weighted by atomic mass is 9.93.